The van der Waals surface area contributed by atoms with Crippen molar-refractivity contribution in [3.8, 4) is 11.5 Å². The van der Waals surface area contributed by atoms with E-state index in [1.165, 1.54) is 36.7 Å². The van der Waals surface area contributed by atoms with Gasteiger partial charge in [-0.3, -0.25) is 9.59 Å². The van der Waals surface area contributed by atoms with Crippen LogP contribution in [0.15, 0.2) is 29.2 Å². The summed E-state index contributed by atoms with van der Waals surface area (Å²) in [6, 6.07) is 5.82. The normalized spacial score (nSPS) is 15.1. The molecule has 0 atom stereocenters. The highest BCUT2D eigenvalue weighted by Gasteiger charge is 2.30. The number of carbonyl (C=O) groups is 2. The van der Waals surface area contributed by atoms with Crippen LogP contribution in [0.4, 0.5) is 5.69 Å². The molecule has 0 spiro atoms. The Bertz CT molecular complexity index is 1220. The van der Waals surface area contributed by atoms with Crippen molar-refractivity contribution >= 4 is 27.5 Å². The lowest BCUT2D eigenvalue weighted by Gasteiger charge is -2.30. The Balaban J connectivity index is 2.00. The Morgan fingerprint density at radius 3 is 2.18 bits per heavy atom. The summed E-state index contributed by atoms with van der Waals surface area (Å²) in [7, 11) is -0.923. The van der Waals surface area contributed by atoms with Gasteiger partial charge in [0.05, 0.1) is 30.4 Å². The molecule has 1 fully saturated rings. The molecule has 9 nitrogen and oxygen atoms in total. The topological polar surface area (TPSA) is 128 Å². The lowest BCUT2D eigenvalue weighted by atomic mass is 10.0. The molecule has 1 aliphatic heterocycles. The van der Waals surface area contributed by atoms with Crippen LogP contribution >= 0.6 is 0 Å². The minimum absolute atomic E-state index is 0.0325. The second-order valence-electron chi connectivity index (χ2n) is 8.57. The zero-order valence-electron chi connectivity index (χ0n) is 20.1. The molecule has 0 aromatic heterocycles. The predicted octanol–water partition coefficient (Wildman–Crippen LogP) is 3.09. The molecule has 3 N–H and O–H groups in total. The van der Waals surface area contributed by atoms with Crippen LogP contribution in [-0.2, 0) is 10.0 Å². The fraction of sp³-hybridized carbons (Fsp3) is 0.417. The molecule has 0 bridgehead atoms. The molecule has 1 heterocycles. The van der Waals surface area contributed by atoms with E-state index in [2.05, 4.69) is 12.2 Å². The molecule has 2 amide bonds. The Kier molecular flexibility index (Phi) is 7.52. The van der Waals surface area contributed by atoms with Crippen LogP contribution in [0.1, 0.15) is 51.6 Å². The second-order valence-corrected chi connectivity index (χ2v) is 10.5. The van der Waals surface area contributed by atoms with Crippen molar-refractivity contribution in [2.45, 2.75) is 38.5 Å². The first-order valence-corrected chi connectivity index (χ1v) is 12.4. The summed E-state index contributed by atoms with van der Waals surface area (Å²) in [4.78, 5) is 25.2. The number of nitrogens with one attached hydrogen (secondary N) is 1. The van der Waals surface area contributed by atoms with Crippen LogP contribution in [-0.4, -0.2) is 51.8 Å². The summed E-state index contributed by atoms with van der Waals surface area (Å²) in [5.74, 6) is -0.289. The Morgan fingerprint density at radius 2 is 1.62 bits per heavy atom. The molecule has 1 aliphatic rings. The van der Waals surface area contributed by atoms with Crippen molar-refractivity contribution < 1.29 is 27.5 Å². The van der Waals surface area contributed by atoms with Crippen LogP contribution < -0.4 is 20.5 Å². The van der Waals surface area contributed by atoms with Crippen LogP contribution in [0.2, 0.25) is 0 Å². The van der Waals surface area contributed by atoms with Crippen LogP contribution in [0.25, 0.3) is 0 Å². The summed E-state index contributed by atoms with van der Waals surface area (Å²) in [6.45, 7) is 6.50. The van der Waals surface area contributed by atoms with Gasteiger partial charge in [-0.15, -0.1) is 0 Å². The van der Waals surface area contributed by atoms with Gasteiger partial charge in [0.2, 0.25) is 10.0 Å². The highest BCUT2D eigenvalue weighted by atomic mass is 32.2. The number of carbonyl (C=O) groups excluding carboxylic acids is 2. The van der Waals surface area contributed by atoms with E-state index in [-0.39, 0.29) is 27.5 Å². The SMILES string of the molecule is COc1cc(NC(=O)c2cc(C)c(C)c(S(=O)(=O)N3CCC(C)CC3)c2)c(C(N)=O)cc1OC. The molecule has 2 aromatic carbocycles. The zero-order chi connectivity index (χ0) is 25.2. The van der Waals surface area contributed by atoms with E-state index >= 15 is 0 Å². The number of anilines is 1. The molecule has 10 heteroatoms. The summed E-state index contributed by atoms with van der Waals surface area (Å²) < 4.78 is 38.7. The lowest BCUT2D eigenvalue weighted by molar-refractivity contribution is 0.100. The Labute approximate surface area is 200 Å². The van der Waals surface area contributed by atoms with E-state index in [1.54, 1.807) is 19.9 Å². The number of nitrogens with zero attached hydrogens (tertiary/aromatic N) is 1. The van der Waals surface area contributed by atoms with E-state index < -0.39 is 21.8 Å². The van der Waals surface area contributed by atoms with Gasteiger partial charge in [0, 0.05) is 24.7 Å². The van der Waals surface area contributed by atoms with Crippen LogP contribution in [0, 0.1) is 19.8 Å². The van der Waals surface area contributed by atoms with Gasteiger partial charge in [-0.05, 0) is 61.9 Å². The maximum Gasteiger partial charge on any atom is 0.255 e. The predicted molar refractivity (Wildman–Crippen MR) is 129 cm³/mol. The molecule has 34 heavy (non-hydrogen) atoms. The number of primary amides is 1. The van der Waals surface area contributed by atoms with Crippen LogP contribution in [0.3, 0.4) is 0 Å². The van der Waals surface area contributed by atoms with Gasteiger partial charge in [-0.25, -0.2) is 8.42 Å². The standard InChI is InChI=1S/C24H31N3O6S/c1-14-6-8-27(9-7-14)34(30,31)22-11-17(10-15(2)16(22)3)24(29)26-19-13-21(33-5)20(32-4)12-18(19)23(25)28/h10-14H,6-9H2,1-5H3,(H2,25,28)(H,26,29). The molecule has 0 radical (unpaired) electrons. The number of hydrogen-bond donors (Lipinski definition) is 2. The number of benzene rings is 2. The average molecular weight is 490 g/mol. The third kappa shape index (κ3) is 5.02. The largest absolute Gasteiger partial charge is 0.493 e. The van der Waals surface area contributed by atoms with Crippen molar-refractivity contribution in [1.82, 2.24) is 4.31 Å². The van der Waals surface area contributed by atoms with E-state index in [0.29, 0.717) is 35.9 Å². The first-order chi connectivity index (χ1) is 16.0. The molecule has 3 rings (SSSR count). The van der Waals surface area contributed by atoms with Crippen molar-refractivity contribution in [1.29, 1.82) is 0 Å². The van der Waals surface area contributed by atoms with Gasteiger partial charge in [0.15, 0.2) is 11.5 Å². The summed E-state index contributed by atoms with van der Waals surface area (Å²) >= 11 is 0. The first-order valence-electron chi connectivity index (χ1n) is 11.0. The highest BCUT2D eigenvalue weighted by Crippen LogP contribution is 2.34. The zero-order valence-corrected chi connectivity index (χ0v) is 20.9. The number of piperidine rings is 1. The van der Waals surface area contributed by atoms with Crippen molar-refractivity contribution in [2.24, 2.45) is 11.7 Å². The summed E-state index contributed by atoms with van der Waals surface area (Å²) in [6.07, 6.45) is 1.60. The number of nitrogens with two attached hydrogens (primary N) is 1. The minimum atomic E-state index is -3.77. The smallest absolute Gasteiger partial charge is 0.255 e. The molecule has 1 saturated heterocycles. The van der Waals surface area contributed by atoms with Gasteiger partial charge in [0.1, 0.15) is 0 Å². The average Bonchev–Trinajstić information content (AvgIpc) is 2.80. The van der Waals surface area contributed by atoms with Gasteiger partial charge in [-0.2, -0.15) is 4.31 Å². The maximum atomic E-state index is 13.4. The number of methoxy groups -OCH3 is 2. The van der Waals surface area contributed by atoms with Gasteiger partial charge < -0.3 is 20.5 Å². The molecular formula is C24H31N3O6S. The molecule has 2 aromatic rings. The molecular weight excluding hydrogens is 458 g/mol. The second kappa shape index (κ2) is 10.0. The van der Waals surface area contributed by atoms with E-state index in [1.807, 2.05) is 0 Å². The minimum Gasteiger partial charge on any atom is -0.493 e. The summed E-state index contributed by atoms with van der Waals surface area (Å²) in [5, 5.41) is 2.66. The van der Waals surface area contributed by atoms with Gasteiger partial charge in [0.25, 0.3) is 11.8 Å². The van der Waals surface area contributed by atoms with Gasteiger partial charge in [-0.1, -0.05) is 6.92 Å². The fourth-order valence-electron chi connectivity index (χ4n) is 3.97. The number of hydrogen-bond acceptors (Lipinski definition) is 6. The van der Waals surface area contributed by atoms with E-state index in [4.69, 9.17) is 15.2 Å². The number of aryl methyl sites for hydroxylation is 1. The first kappa shape index (κ1) is 25.5. The Hall–Kier alpha value is -3.11. The van der Waals surface area contributed by atoms with E-state index in [9.17, 15) is 18.0 Å². The third-order valence-electron chi connectivity index (χ3n) is 6.28. The number of sulfonamides is 1. The van der Waals surface area contributed by atoms with Crippen molar-refractivity contribution in [2.75, 3.05) is 32.6 Å². The van der Waals surface area contributed by atoms with Gasteiger partial charge >= 0.3 is 0 Å². The fourth-order valence-corrected chi connectivity index (χ4v) is 5.76. The monoisotopic (exact) mass is 489 g/mol. The van der Waals surface area contributed by atoms with Crippen LogP contribution in [0.5, 0.6) is 11.5 Å². The Morgan fingerprint density at radius 1 is 1.03 bits per heavy atom. The lowest BCUT2D eigenvalue weighted by Crippen LogP contribution is -2.38. The highest BCUT2D eigenvalue weighted by molar-refractivity contribution is 7.89. The van der Waals surface area contributed by atoms with Crippen molar-refractivity contribution in [3.63, 3.8) is 0 Å². The number of amides is 2. The number of ether oxygens (including phenoxy) is 2. The maximum absolute atomic E-state index is 13.4. The molecule has 0 unspecified atom stereocenters. The number of rotatable bonds is 7. The third-order valence-corrected chi connectivity index (χ3v) is 8.30. The molecule has 0 saturated carbocycles. The molecule has 184 valence electrons. The summed E-state index contributed by atoms with van der Waals surface area (Å²) in [5.41, 5.74) is 7.06. The van der Waals surface area contributed by atoms with Crippen molar-refractivity contribution in [3.05, 3.63) is 46.5 Å². The quantitative estimate of drug-likeness (QED) is 0.615. The van der Waals surface area contributed by atoms with E-state index in [0.717, 1.165) is 12.8 Å². The molecule has 0 aliphatic carbocycles.